The molecule has 3 aromatic rings. The summed E-state index contributed by atoms with van der Waals surface area (Å²) in [7, 11) is 0. The van der Waals surface area contributed by atoms with Crippen LogP contribution in [0.3, 0.4) is 0 Å². The Kier molecular flexibility index (Phi) is 3.54. The monoisotopic (exact) mass is 323 g/mol. The smallest absolute Gasteiger partial charge is 0.372 e. The highest BCUT2D eigenvalue weighted by molar-refractivity contribution is 6.30. The Hall–Kier alpha value is -2.47. The minimum absolute atomic E-state index is 0.00471. The molecule has 0 saturated carbocycles. The fourth-order valence-corrected chi connectivity index (χ4v) is 2.37. The standard InChI is InChI=1S/C15H8ClF2NO3/c16-11-5-8(1-3-12(11)18)7-19-13-4-2-9(17)6-10(13)14(20)22-15(19)21/h1-6H,7H2. The van der Waals surface area contributed by atoms with E-state index in [0.29, 0.717) is 5.56 Å². The number of rotatable bonds is 2. The lowest BCUT2D eigenvalue weighted by molar-refractivity contribution is 0.424. The van der Waals surface area contributed by atoms with Crippen LogP contribution in [-0.4, -0.2) is 4.57 Å². The van der Waals surface area contributed by atoms with Gasteiger partial charge in [-0.05, 0) is 35.9 Å². The zero-order valence-electron chi connectivity index (χ0n) is 11.0. The van der Waals surface area contributed by atoms with Crippen LogP contribution in [0.1, 0.15) is 5.56 Å². The Labute approximate surface area is 127 Å². The minimum atomic E-state index is -0.909. The quantitative estimate of drug-likeness (QED) is 0.728. The fraction of sp³-hybridized carbons (Fsp3) is 0.0667. The van der Waals surface area contributed by atoms with E-state index in [1.807, 2.05) is 0 Å². The molecule has 0 fully saturated rings. The maximum atomic E-state index is 13.2. The van der Waals surface area contributed by atoms with Gasteiger partial charge in [0.1, 0.15) is 11.6 Å². The van der Waals surface area contributed by atoms with E-state index in [-0.39, 0.29) is 22.5 Å². The third kappa shape index (κ3) is 2.53. The molecule has 3 rings (SSSR count). The van der Waals surface area contributed by atoms with Crippen molar-refractivity contribution in [3.8, 4) is 0 Å². The average Bonchev–Trinajstić information content (AvgIpc) is 2.47. The van der Waals surface area contributed by atoms with Crippen LogP contribution in [0.15, 0.2) is 50.4 Å². The highest BCUT2D eigenvalue weighted by Crippen LogP contribution is 2.18. The van der Waals surface area contributed by atoms with Gasteiger partial charge >= 0.3 is 11.4 Å². The van der Waals surface area contributed by atoms with Crippen LogP contribution in [0.5, 0.6) is 0 Å². The number of halogens is 3. The van der Waals surface area contributed by atoms with Crippen molar-refractivity contribution in [3.63, 3.8) is 0 Å². The van der Waals surface area contributed by atoms with Gasteiger partial charge in [-0.15, -0.1) is 0 Å². The molecule has 4 nitrogen and oxygen atoms in total. The summed E-state index contributed by atoms with van der Waals surface area (Å²) in [6.07, 6.45) is 0. The van der Waals surface area contributed by atoms with Crippen molar-refractivity contribution in [2.45, 2.75) is 6.54 Å². The molecule has 0 amide bonds. The first-order valence-electron chi connectivity index (χ1n) is 6.23. The Bertz CT molecular complexity index is 994. The van der Waals surface area contributed by atoms with E-state index in [1.54, 1.807) is 0 Å². The van der Waals surface area contributed by atoms with Crippen molar-refractivity contribution in [1.82, 2.24) is 4.57 Å². The Morgan fingerprint density at radius 2 is 1.86 bits per heavy atom. The zero-order chi connectivity index (χ0) is 15.9. The minimum Gasteiger partial charge on any atom is -0.372 e. The molecule has 0 aliphatic heterocycles. The van der Waals surface area contributed by atoms with E-state index >= 15 is 0 Å². The van der Waals surface area contributed by atoms with Crippen molar-refractivity contribution < 1.29 is 13.2 Å². The van der Waals surface area contributed by atoms with E-state index in [2.05, 4.69) is 4.42 Å². The van der Waals surface area contributed by atoms with Crippen LogP contribution in [0, 0.1) is 11.6 Å². The van der Waals surface area contributed by atoms with Crippen molar-refractivity contribution >= 4 is 22.5 Å². The van der Waals surface area contributed by atoms with Gasteiger partial charge in [0.05, 0.1) is 22.5 Å². The second-order valence-electron chi connectivity index (χ2n) is 4.65. The van der Waals surface area contributed by atoms with Crippen LogP contribution in [-0.2, 0) is 6.54 Å². The number of hydrogen-bond acceptors (Lipinski definition) is 3. The van der Waals surface area contributed by atoms with Crippen LogP contribution in [0.4, 0.5) is 8.78 Å². The summed E-state index contributed by atoms with van der Waals surface area (Å²) in [5.74, 6) is -2.08. The van der Waals surface area contributed by atoms with Crippen molar-refractivity contribution in [2.24, 2.45) is 0 Å². The van der Waals surface area contributed by atoms with Gasteiger partial charge in [-0.3, -0.25) is 4.57 Å². The summed E-state index contributed by atoms with van der Waals surface area (Å²) in [6, 6.07) is 7.43. The number of benzene rings is 2. The summed E-state index contributed by atoms with van der Waals surface area (Å²) in [5.41, 5.74) is -0.149. The van der Waals surface area contributed by atoms with E-state index in [9.17, 15) is 18.4 Å². The van der Waals surface area contributed by atoms with Gasteiger partial charge in [-0.1, -0.05) is 17.7 Å². The van der Waals surface area contributed by atoms with Gasteiger partial charge in [0.25, 0.3) is 0 Å². The highest BCUT2D eigenvalue weighted by atomic mass is 35.5. The molecule has 0 spiro atoms. The lowest BCUT2D eigenvalue weighted by Crippen LogP contribution is -2.25. The fourth-order valence-electron chi connectivity index (χ4n) is 2.17. The molecular formula is C15H8ClF2NO3. The first kappa shape index (κ1) is 14.5. The lowest BCUT2D eigenvalue weighted by atomic mass is 10.2. The van der Waals surface area contributed by atoms with E-state index in [1.165, 1.54) is 24.3 Å². The largest absolute Gasteiger partial charge is 0.422 e. The van der Waals surface area contributed by atoms with Gasteiger partial charge in [0.2, 0.25) is 0 Å². The molecule has 0 atom stereocenters. The second-order valence-corrected chi connectivity index (χ2v) is 5.06. The predicted molar refractivity (Wildman–Crippen MR) is 77.2 cm³/mol. The normalized spacial score (nSPS) is 11.0. The van der Waals surface area contributed by atoms with Gasteiger partial charge < -0.3 is 4.42 Å². The Morgan fingerprint density at radius 1 is 1.09 bits per heavy atom. The van der Waals surface area contributed by atoms with Crippen LogP contribution in [0.25, 0.3) is 10.9 Å². The van der Waals surface area contributed by atoms with Crippen molar-refractivity contribution in [3.05, 3.63) is 79.6 Å². The first-order chi connectivity index (χ1) is 10.5. The number of hydrogen-bond donors (Lipinski definition) is 0. The first-order valence-corrected chi connectivity index (χ1v) is 6.60. The molecule has 0 aliphatic carbocycles. The van der Waals surface area contributed by atoms with Crippen LogP contribution >= 0.6 is 11.6 Å². The van der Waals surface area contributed by atoms with E-state index < -0.39 is 23.0 Å². The van der Waals surface area contributed by atoms with Crippen LogP contribution in [0.2, 0.25) is 5.02 Å². The van der Waals surface area contributed by atoms with Crippen molar-refractivity contribution in [2.75, 3.05) is 0 Å². The molecule has 0 radical (unpaired) electrons. The third-order valence-corrected chi connectivity index (χ3v) is 3.48. The van der Waals surface area contributed by atoms with Crippen LogP contribution < -0.4 is 11.4 Å². The molecule has 22 heavy (non-hydrogen) atoms. The van der Waals surface area contributed by atoms with Gasteiger partial charge in [-0.2, -0.15) is 0 Å². The number of nitrogens with zero attached hydrogens (tertiary/aromatic N) is 1. The molecule has 0 bridgehead atoms. The SMILES string of the molecule is O=c1oc(=O)n(Cc2ccc(F)c(Cl)c2)c2ccc(F)cc12. The lowest BCUT2D eigenvalue weighted by Gasteiger charge is -2.09. The number of fused-ring (bicyclic) bond motifs is 1. The molecule has 7 heteroatoms. The maximum absolute atomic E-state index is 13.2. The Balaban J connectivity index is 2.20. The van der Waals surface area contributed by atoms with Gasteiger partial charge in [-0.25, -0.2) is 18.4 Å². The number of aromatic nitrogens is 1. The summed E-state index contributed by atoms with van der Waals surface area (Å²) in [4.78, 5) is 23.5. The molecular weight excluding hydrogens is 316 g/mol. The second kappa shape index (κ2) is 5.38. The highest BCUT2D eigenvalue weighted by Gasteiger charge is 2.11. The predicted octanol–water partition coefficient (Wildman–Crippen LogP) is 2.93. The van der Waals surface area contributed by atoms with E-state index in [4.69, 9.17) is 11.6 Å². The maximum Gasteiger partial charge on any atom is 0.422 e. The average molecular weight is 324 g/mol. The topological polar surface area (TPSA) is 52.2 Å². The van der Waals surface area contributed by atoms with Gasteiger partial charge in [0.15, 0.2) is 0 Å². The molecule has 1 aromatic heterocycles. The third-order valence-electron chi connectivity index (χ3n) is 3.19. The van der Waals surface area contributed by atoms with E-state index in [0.717, 1.165) is 16.7 Å². The summed E-state index contributed by atoms with van der Waals surface area (Å²) < 4.78 is 32.1. The molecule has 0 saturated heterocycles. The van der Waals surface area contributed by atoms with Gasteiger partial charge in [0, 0.05) is 0 Å². The molecule has 1 heterocycles. The summed E-state index contributed by atoms with van der Waals surface area (Å²) in [5, 5.41) is -0.133. The summed E-state index contributed by atoms with van der Waals surface area (Å²) in [6.45, 7) is 0.00471. The molecule has 0 aliphatic rings. The molecule has 0 N–H and O–H groups in total. The molecule has 0 unspecified atom stereocenters. The molecule has 2 aromatic carbocycles. The summed E-state index contributed by atoms with van der Waals surface area (Å²) >= 11 is 5.70. The van der Waals surface area contributed by atoms with Crippen molar-refractivity contribution in [1.29, 1.82) is 0 Å². The Morgan fingerprint density at radius 3 is 2.59 bits per heavy atom. The molecule has 112 valence electrons. The zero-order valence-corrected chi connectivity index (χ0v) is 11.7.